The number of phenolic OH excluding ortho intramolecular Hbond substituents is 2. The molecule has 7 heteroatoms. The van der Waals surface area contributed by atoms with Crippen LogP contribution in [-0.2, 0) is 7.05 Å². The maximum Gasteiger partial charge on any atom is 0.191 e. The maximum absolute atomic E-state index is 9.57. The number of thiazole rings is 1. The Labute approximate surface area is 118 Å². The fourth-order valence-corrected chi connectivity index (χ4v) is 2.75. The second-order valence-electron chi connectivity index (χ2n) is 4.22. The summed E-state index contributed by atoms with van der Waals surface area (Å²) in [6.07, 6.45) is 1.64. The van der Waals surface area contributed by atoms with Crippen LogP contribution in [0, 0.1) is 0 Å². The summed E-state index contributed by atoms with van der Waals surface area (Å²) in [6.45, 7) is 0. The molecular weight excluding hydrogens is 276 g/mol. The molecule has 0 saturated heterocycles. The van der Waals surface area contributed by atoms with Gasteiger partial charge in [0.05, 0.1) is 11.9 Å². The molecule has 102 valence electrons. The van der Waals surface area contributed by atoms with E-state index in [9.17, 15) is 10.2 Å². The van der Waals surface area contributed by atoms with Gasteiger partial charge in [0.15, 0.2) is 22.1 Å². The molecule has 0 spiro atoms. The molecule has 3 rings (SSSR count). The summed E-state index contributed by atoms with van der Waals surface area (Å²) in [5.74, 6) is 0.414. The highest BCUT2D eigenvalue weighted by Crippen LogP contribution is 2.30. The summed E-state index contributed by atoms with van der Waals surface area (Å²) < 4.78 is 1.91. The zero-order chi connectivity index (χ0) is 14.1. The topological polar surface area (TPSA) is 86.4 Å². The van der Waals surface area contributed by atoms with Gasteiger partial charge in [0.1, 0.15) is 0 Å². The molecule has 20 heavy (non-hydrogen) atoms. The second kappa shape index (κ2) is 4.86. The summed E-state index contributed by atoms with van der Waals surface area (Å²) in [4.78, 5) is 5.24. The highest BCUT2D eigenvalue weighted by atomic mass is 32.1. The van der Waals surface area contributed by atoms with Crippen LogP contribution in [0.25, 0.3) is 11.3 Å². The standard InChI is InChI=1S/C13H12N4O2S/c1-17-9(8-2-3-10(18)11(19)6-8)7-20-13(17)15-12-4-5-14-16-12/h2-7,18-19H,1H3,(H,14,16). The molecule has 2 heterocycles. The van der Waals surface area contributed by atoms with Crippen molar-refractivity contribution in [3.05, 3.63) is 40.6 Å². The van der Waals surface area contributed by atoms with Crippen LogP contribution in [0.1, 0.15) is 0 Å². The molecule has 0 amide bonds. The fraction of sp³-hybridized carbons (Fsp3) is 0.0769. The predicted octanol–water partition coefficient (Wildman–Crippen LogP) is 2.12. The molecule has 3 aromatic rings. The van der Waals surface area contributed by atoms with Crippen molar-refractivity contribution in [3.63, 3.8) is 0 Å². The number of aromatic nitrogens is 3. The smallest absolute Gasteiger partial charge is 0.191 e. The van der Waals surface area contributed by atoms with Gasteiger partial charge in [-0.2, -0.15) is 5.10 Å². The van der Waals surface area contributed by atoms with Crippen LogP contribution in [0.15, 0.2) is 40.8 Å². The quantitative estimate of drug-likeness (QED) is 0.631. The molecule has 0 saturated carbocycles. The van der Waals surface area contributed by atoms with Crippen molar-refractivity contribution in [2.24, 2.45) is 12.0 Å². The number of aromatic amines is 1. The summed E-state index contributed by atoms with van der Waals surface area (Å²) in [5.41, 5.74) is 1.72. The Morgan fingerprint density at radius 3 is 2.80 bits per heavy atom. The number of hydrogen-bond acceptors (Lipinski definition) is 5. The molecule has 0 bridgehead atoms. The molecule has 0 unspecified atom stereocenters. The van der Waals surface area contributed by atoms with Crippen LogP contribution in [-0.4, -0.2) is 25.0 Å². The van der Waals surface area contributed by atoms with E-state index in [1.807, 2.05) is 17.0 Å². The number of nitrogens with zero attached hydrogens (tertiary/aromatic N) is 3. The molecule has 0 aliphatic carbocycles. The number of hydrogen-bond donors (Lipinski definition) is 3. The molecule has 0 aliphatic rings. The van der Waals surface area contributed by atoms with Gasteiger partial charge in [-0.25, -0.2) is 4.99 Å². The minimum Gasteiger partial charge on any atom is -0.504 e. The average molecular weight is 288 g/mol. The lowest BCUT2D eigenvalue weighted by molar-refractivity contribution is 0.404. The molecule has 0 radical (unpaired) electrons. The van der Waals surface area contributed by atoms with Crippen molar-refractivity contribution in [2.45, 2.75) is 0 Å². The van der Waals surface area contributed by atoms with Crippen LogP contribution in [0.3, 0.4) is 0 Å². The van der Waals surface area contributed by atoms with Crippen molar-refractivity contribution in [1.82, 2.24) is 14.8 Å². The predicted molar refractivity (Wildman–Crippen MR) is 75.9 cm³/mol. The number of H-pyrrole nitrogens is 1. The van der Waals surface area contributed by atoms with Crippen LogP contribution in [0.2, 0.25) is 0 Å². The first-order valence-electron chi connectivity index (χ1n) is 5.86. The minimum atomic E-state index is -0.138. The number of aromatic hydroxyl groups is 2. The van der Waals surface area contributed by atoms with Gasteiger partial charge >= 0.3 is 0 Å². The van der Waals surface area contributed by atoms with Gasteiger partial charge in [-0.05, 0) is 18.2 Å². The van der Waals surface area contributed by atoms with E-state index in [1.165, 1.54) is 23.5 Å². The SMILES string of the molecule is Cn1c(-c2ccc(O)c(O)c2)csc1=Nc1ccn[nH]1. The van der Waals surface area contributed by atoms with Crippen molar-refractivity contribution in [3.8, 4) is 22.8 Å². The van der Waals surface area contributed by atoms with Crippen LogP contribution in [0.4, 0.5) is 5.82 Å². The molecular formula is C13H12N4O2S. The van der Waals surface area contributed by atoms with Crippen molar-refractivity contribution in [2.75, 3.05) is 0 Å². The lowest BCUT2D eigenvalue weighted by Gasteiger charge is -2.04. The summed E-state index contributed by atoms with van der Waals surface area (Å²) in [5, 5.41) is 27.5. The molecule has 0 fully saturated rings. The highest BCUT2D eigenvalue weighted by Gasteiger charge is 2.07. The van der Waals surface area contributed by atoms with E-state index in [0.717, 1.165) is 16.1 Å². The number of phenols is 2. The Morgan fingerprint density at radius 2 is 2.10 bits per heavy atom. The Hall–Kier alpha value is -2.54. The second-order valence-corrected chi connectivity index (χ2v) is 5.06. The first kappa shape index (κ1) is 12.5. The van der Waals surface area contributed by atoms with E-state index in [4.69, 9.17) is 0 Å². The van der Waals surface area contributed by atoms with Gasteiger partial charge in [0, 0.05) is 24.1 Å². The van der Waals surface area contributed by atoms with Gasteiger partial charge in [-0.3, -0.25) is 5.10 Å². The third-order valence-corrected chi connectivity index (χ3v) is 3.81. The molecule has 3 N–H and O–H groups in total. The van der Waals surface area contributed by atoms with E-state index < -0.39 is 0 Å². The fourth-order valence-electron chi connectivity index (χ4n) is 1.83. The minimum absolute atomic E-state index is 0.131. The van der Waals surface area contributed by atoms with Crippen LogP contribution >= 0.6 is 11.3 Å². The Kier molecular flexibility index (Phi) is 3.03. The lowest BCUT2D eigenvalue weighted by Crippen LogP contribution is -2.10. The first-order chi connectivity index (χ1) is 9.65. The van der Waals surface area contributed by atoms with Crippen LogP contribution in [0.5, 0.6) is 11.5 Å². The Balaban J connectivity index is 2.08. The van der Waals surface area contributed by atoms with E-state index in [1.54, 1.807) is 18.3 Å². The lowest BCUT2D eigenvalue weighted by atomic mass is 10.1. The number of benzene rings is 1. The van der Waals surface area contributed by atoms with Gasteiger partial charge in [-0.1, -0.05) is 0 Å². The average Bonchev–Trinajstić information content (AvgIpc) is 3.05. The third kappa shape index (κ3) is 2.19. The van der Waals surface area contributed by atoms with E-state index in [0.29, 0.717) is 5.82 Å². The van der Waals surface area contributed by atoms with Gasteiger partial charge < -0.3 is 14.8 Å². The number of nitrogens with one attached hydrogen (secondary N) is 1. The van der Waals surface area contributed by atoms with Crippen molar-refractivity contribution in [1.29, 1.82) is 0 Å². The zero-order valence-corrected chi connectivity index (χ0v) is 11.4. The molecule has 0 atom stereocenters. The van der Waals surface area contributed by atoms with Crippen molar-refractivity contribution < 1.29 is 10.2 Å². The van der Waals surface area contributed by atoms with E-state index >= 15 is 0 Å². The van der Waals surface area contributed by atoms with Gasteiger partial charge in [0.25, 0.3) is 0 Å². The number of rotatable bonds is 2. The molecule has 2 aromatic heterocycles. The largest absolute Gasteiger partial charge is 0.504 e. The molecule has 6 nitrogen and oxygen atoms in total. The zero-order valence-electron chi connectivity index (χ0n) is 10.6. The Bertz CT molecular complexity index is 802. The normalized spacial score (nSPS) is 11.9. The summed E-state index contributed by atoms with van der Waals surface area (Å²) in [6, 6.07) is 6.52. The Morgan fingerprint density at radius 1 is 1.25 bits per heavy atom. The van der Waals surface area contributed by atoms with E-state index in [2.05, 4.69) is 15.2 Å². The summed E-state index contributed by atoms with van der Waals surface area (Å²) >= 11 is 1.48. The maximum atomic E-state index is 9.57. The third-order valence-electron chi connectivity index (χ3n) is 2.90. The molecule has 1 aromatic carbocycles. The van der Waals surface area contributed by atoms with Crippen molar-refractivity contribution >= 4 is 17.2 Å². The van der Waals surface area contributed by atoms with Gasteiger partial charge in [0.2, 0.25) is 0 Å². The summed E-state index contributed by atoms with van der Waals surface area (Å²) in [7, 11) is 1.89. The monoisotopic (exact) mass is 288 g/mol. The van der Waals surface area contributed by atoms with E-state index in [-0.39, 0.29) is 11.5 Å². The molecule has 0 aliphatic heterocycles. The van der Waals surface area contributed by atoms with Crippen LogP contribution < -0.4 is 4.80 Å². The van der Waals surface area contributed by atoms with Gasteiger partial charge in [-0.15, -0.1) is 11.3 Å². The first-order valence-corrected chi connectivity index (χ1v) is 6.74. The highest BCUT2D eigenvalue weighted by molar-refractivity contribution is 7.07.